The normalized spacial score (nSPS) is 15.1. The molecule has 2 aromatic carbocycles. The average molecular weight is 579 g/mol. The van der Waals surface area contributed by atoms with Gasteiger partial charge >= 0.3 is 5.97 Å². The molecule has 206 valence electrons. The summed E-state index contributed by atoms with van der Waals surface area (Å²) in [5.41, 5.74) is 3.17. The topological polar surface area (TPSA) is 96.9 Å². The van der Waals surface area contributed by atoms with E-state index in [0.717, 1.165) is 5.69 Å². The summed E-state index contributed by atoms with van der Waals surface area (Å²) in [6.45, 7) is 5.49. The fraction of sp³-hybridized carbons (Fsp3) is 0.241. The first-order chi connectivity index (χ1) is 19.3. The molecule has 0 amide bonds. The lowest BCUT2D eigenvalue weighted by Crippen LogP contribution is -2.40. The molecular formula is C29H27ClN4O5S. The third kappa shape index (κ3) is 4.73. The number of carbonyl (C=O) groups is 1. The maximum atomic E-state index is 14.0. The monoisotopic (exact) mass is 578 g/mol. The lowest BCUT2D eigenvalue weighted by Gasteiger charge is -2.25. The molecule has 0 saturated carbocycles. The summed E-state index contributed by atoms with van der Waals surface area (Å²) in [5, 5.41) is 4.97. The van der Waals surface area contributed by atoms with Gasteiger partial charge < -0.3 is 14.2 Å². The van der Waals surface area contributed by atoms with Gasteiger partial charge in [-0.3, -0.25) is 9.36 Å². The van der Waals surface area contributed by atoms with Crippen LogP contribution in [0.15, 0.2) is 69.6 Å². The van der Waals surface area contributed by atoms with Crippen LogP contribution in [0.2, 0.25) is 5.15 Å². The highest BCUT2D eigenvalue weighted by atomic mass is 35.5. The number of methoxy groups -OCH3 is 2. The van der Waals surface area contributed by atoms with Crippen LogP contribution >= 0.6 is 22.9 Å². The number of halogens is 1. The number of para-hydroxylation sites is 1. The Balaban J connectivity index is 1.72. The van der Waals surface area contributed by atoms with Crippen LogP contribution in [-0.2, 0) is 9.53 Å². The summed E-state index contributed by atoms with van der Waals surface area (Å²) in [6, 6.07) is 14.0. The fourth-order valence-electron chi connectivity index (χ4n) is 4.68. The van der Waals surface area contributed by atoms with Gasteiger partial charge in [0.15, 0.2) is 16.3 Å². The highest BCUT2D eigenvalue weighted by Crippen LogP contribution is 2.36. The Kier molecular flexibility index (Phi) is 7.64. The van der Waals surface area contributed by atoms with Gasteiger partial charge in [0.25, 0.3) is 5.56 Å². The Bertz CT molecular complexity index is 1820. The third-order valence-corrected chi connectivity index (χ3v) is 7.91. The summed E-state index contributed by atoms with van der Waals surface area (Å²) in [6.07, 6.45) is 1.73. The lowest BCUT2D eigenvalue weighted by atomic mass is 9.95. The minimum atomic E-state index is -0.791. The average Bonchev–Trinajstić information content (AvgIpc) is 3.42. The molecule has 11 heteroatoms. The molecule has 4 aromatic rings. The Labute approximate surface area is 239 Å². The molecule has 0 saturated heterocycles. The number of benzene rings is 2. The van der Waals surface area contributed by atoms with E-state index >= 15 is 0 Å². The van der Waals surface area contributed by atoms with Gasteiger partial charge in [0.05, 0.1) is 54.1 Å². The number of esters is 1. The van der Waals surface area contributed by atoms with Gasteiger partial charge in [0.1, 0.15) is 5.15 Å². The van der Waals surface area contributed by atoms with Gasteiger partial charge in [-0.1, -0.05) is 47.2 Å². The Morgan fingerprint density at radius 3 is 2.50 bits per heavy atom. The van der Waals surface area contributed by atoms with Crippen LogP contribution in [0.5, 0.6) is 11.5 Å². The van der Waals surface area contributed by atoms with E-state index in [1.165, 1.54) is 23.0 Å². The number of aromatic nitrogens is 3. The predicted molar refractivity (Wildman–Crippen MR) is 153 cm³/mol. The smallest absolute Gasteiger partial charge is 0.338 e. The molecule has 0 radical (unpaired) electrons. The van der Waals surface area contributed by atoms with Crippen molar-refractivity contribution in [3.63, 3.8) is 0 Å². The number of ether oxygens (including phenoxy) is 3. The molecule has 9 nitrogen and oxygen atoms in total. The minimum Gasteiger partial charge on any atom is -0.493 e. The van der Waals surface area contributed by atoms with E-state index < -0.39 is 12.0 Å². The van der Waals surface area contributed by atoms with E-state index in [9.17, 15) is 9.59 Å². The van der Waals surface area contributed by atoms with Crippen LogP contribution in [0.25, 0.3) is 11.8 Å². The van der Waals surface area contributed by atoms with Gasteiger partial charge in [0, 0.05) is 5.56 Å². The summed E-state index contributed by atoms with van der Waals surface area (Å²) in [7, 11) is 3.07. The Morgan fingerprint density at radius 1 is 1.10 bits per heavy atom. The number of thiazole rings is 1. The highest BCUT2D eigenvalue weighted by Gasteiger charge is 2.34. The second-order valence-electron chi connectivity index (χ2n) is 8.95. The quantitative estimate of drug-likeness (QED) is 0.308. The van der Waals surface area contributed by atoms with E-state index in [1.54, 1.807) is 49.9 Å². The zero-order valence-electron chi connectivity index (χ0n) is 22.6. The van der Waals surface area contributed by atoms with Gasteiger partial charge in [-0.05, 0) is 56.7 Å². The Morgan fingerprint density at radius 2 is 1.82 bits per heavy atom. The number of aryl methyl sites for hydroxylation is 1. The molecular weight excluding hydrogens is 552 g/mol. The summed E-state index contributed by atoms with van der Waals surface area (Å²) in [4.78, 5) is 32.2. The summed E-state index contributed by atoms with van der Waals surface area (Å²) in [5.74, 6) is 0.453. The van der Waals surface area contributed by atoms with E-state index in [2.05, 4.69) is 10.1 Å². The van der Waals surface area contributed by atoms with Crippen LogP contribution in [-0.4, -0.2) is 41.1 Å². The van der Waals surface area contributed by atoms with Crippen molar-refractivity contribution >= 4 is 35.0 Å². The molecule has 1 atom stereocenters. The van der Waals surface area contributed by atoms with Crippen LogP contribution in [0.3, 0.4) is 0 Å². The van der Waals surface area contributed by atoms with Crippen molar-refractivity contribution in [3.8, 4) is 17.2 Å². The third-order valence-electron chi connectivity index (χ3n) is 6.56. The number of hydrogen-bond donors (Lipinski definition) is 0. The van der Waals surface area contributed by atoms with Crippen LogP contribution in [0.1, 0.15) is 36.7 Å². The number of allylic oxidation sites excluding steroid dienone is 1. The number of carbonyl (C=O) groups excluding carboxylic acids is 1. The number of fused-ring (bicyclic) bond motifs is 1. The first-order valence-corrected chi connectivity index (χ1v) is 13.7. The number of hydrogen-bond acceptors (Lipinski definition) is 8. The summed E-state index contributed by atoms with van der Waals surface area (Å²) >= 11 is 7.97. The molecule has 1 aliphatic heterocycles. The maximum absolute atomic E-state index is 14.0. The summed E-state index contributed by atoms with van der Waals surface area (Å²) < 4.78 is 19.8. The molecule has 0 N–H and O–H groups in total. The van der Waals surface area contributed by atoms with Gasteiger partial charge in [-0.2, -0.15) is 5.10 Å². The zero-order chi connectivity index (χ0) is 28.6. The number of rotatable bonds is 7. The van der Waals surface area contributed by atoms with Crippen LogP contribution in [0.4, 0.5) is 0 Å². The van der Waals surface area contributed by atoms with E-state index in [-0.39, 0.29) is 17.7 Å². The highest BCUT2D eigenvalue weighted by molar-refractivity contribution is 7.07. The van der Waals surface area contributed by atoms with Crippen molar-refractivity contribution in [2.24, 2.45) is 4.99 Å². The van der Waals surface area contributed by atoms with Gasteiger partial charge in [-0.25, -0.2) is 14.5 Å². The van der Waals surface area contributed by atoms with Crippen LogP contribution in [0, 0.1) is 6.92 Å². The van der Waals surface area contributed by atoms with Crippen molar-refractivity contribution in [1.82, 2.24) is 14.3 Å². The molecule has 0 unspecified atom stereocenters. The number of nitrogens with zero attached hydrogens (tertiary/aromatic N) is 4. The van der Waals surface area contributed by atoms with Crippen molar-refractivity contribution in [2.75, 3.05) is 20.8 Å². The molecule has 40 heavy (non-hydrogen) atoms. The van der Waals surface area contributed by atoms with Crippen molar-refractivity contribution in [1.29, 1.82) is 0 Å². The molecule has 5 rings (SSSR count). The maximum Gasteiger partial charge on any atom is 0.338 e. The fourth-order valence-corrected chi connectivity index (χ4v) is 6.03. The van der Waals surface area contributed by atoms with Gasteiger partial charge in [-0.15, -0.1) is 0 Å². The molecule has 0 bridgehead atoms. The second kappa shape index (κ2) is 11.1. The van der Waals surface area contributed by atoms with E-state index in [0.29, 0.717) is 48.5 Å². The molecule has 1 aliphatic rings. The van der Waals surface area contributed by atoms with Gasteiger partial charge in [0.2, 0.25) is 0 Å². The van der Waals surface area contributed by atoms with Crippen molar-refractivity contribution in [3.05, 3.63) is 101 Å². The minimum absolute atomic E-state index is 0.182. The van der Waals surface area contributed by atoms with E-state index in [1.807, 2.05) is 37.3 Å². The molecule has 0 aliphatic carbocycles. The lowest BCUT2D eigenvalue weighted by molar-refractivity contribution is -0.139. The standard InChI is InChI=1S/C29H27ClN4O5S/c1-6-39-28(36)24-17(3)31-29-33(25(24)18-12-13-21(37-4)22(14-18)38-5)27(35)23(40-29)15-20-16(2)32-34(26(20)30)19-10-8-7-9-11-19/h7-15,25H,6H2,1-5H3/b23-15-/t25-/m1/s1. The predicted octanol–water partition coefficient (Wildman–Crippen LogP) is 3.96. The zero-order valence-corrected chi connectivity index (χ0v) is 24.2. The largest absolute Gasteiger partial charge is 0.493 e. The SMILES string of the molecule is CCOC(=O)C1=C(C)N=c2s/c(=C\c3c(C)nn(-c4ccccc4)c3Cl)c(=O)n2[C@@H]1c1ccc(OC)c(OC)c1. The molecule has 0 spiro atoms. The van der Waals surface area contributed by atoms with Crippen molar-refractivity contribution < 1.29 is 19.0 Å². The first kappa shape index (κ1) is 27.4. The van der Waals surface area contributed by atoms with Crippen LogP contribution < -0.4 is 24.4 Å². The van der Waals surface area contributed by atoms with Crippen molar-refractivity contribution in [2.45, 2.75) is 26.8 Å². The Hall–Kier alpha value is -4.15. The molecule has 2 aromatic heterocycles. The first-order valence-electron chi connectivity index (χ1n) is 12.5. The molecule has 3 heterocycles. The molecule has 0 fully saturated rings. The van der Waals surface area contributed by atoms with E-state index in [4.69, 9.17) is 25.8 Å². The second-order valence-corrected chi connectivity index (χ2v) is 10.3.